The molecule has 0 aliphatic heterocycles. The molecule has 0 spiro atoms. The molecule has 0 atom stereocenters. The Bertz CT molecular complexity index is 818. The van der Waals surface area contributed by atoms with Crippen LogP contribution in [0.25, 0.3) is 0 Å². The molecule has 2 aromatic carbocycles. The first kappa shape index (κ1) is 29.8. The van der Waals surface area contributed by atoms with E-state index in [9.17, 15) is 13.3 Å². The van der Waals surface area contributed by atoms with Crippen molar-refractivity contribution in [3.05, 3.63) is 68.1 Å². The average Bonchev–Trinajstić information content (AvgIpc) is 2.55. The minimum atomic E-state index is -5.57. The van der Waals surface area contributed by atoms with Crippen molar-refractivity contribution in [1.82, 2.24) is 0 Å². The maximum absolute atomic E-state index is 13.8. The van der Waals surface area contributed by atoms with Gasteiger partial charge in [0, 0.05) is 20.3 Å². The van der Waals surface area contributed by atoms with E-state index in [1.807, 2.05) is 12.1 Å². The van der Waals surface area contributed by atoms with Gasteiger partial charge in [-0.05, 0) is 47.9 Å². The third-order valence-corrected chi connectivity index (χ3v) is 6.93. The smallest absolute Gasteiger partial charge is 1.00 e. The third-order valence-electron chi connectivity index (χ3n) is 3.66. The van der Waals surface area contributed by atoms with Gasteiger partial charge >= 0.3 is 72.4 Å². The first-order chi connectivity index (χ1) is 12.1. The Hall–Kier alpha value is 1.76. The van der Waals surface area contributed by atoms with Crippen LogP contribution in [0.5, 0.6) is 0 Å². The van der Waals surface area contributed by atoms with Crippen molar-refractivity contribution in [2.45, 2.75) is 24.3 Å². The second-order valence-corrected chi connectivity index (χ2v) is 10.2. The van der Waals surface area contributed by atoms with Crippen molar-refractivity contribution < 1.29 is 85.1 Å². The largest absolute Gasteiger partial charge is 1.00 e. The Kier molecular flexibility index (Phi) is 14.2. The monoisotopic (exact) mass is 576 g/mol. The molecule has 0 amide bonds. The van der Waals surface area contributed by atoms with Crippen LogP contribution in [0.3, 0.4) is 0 Å². The van der Waals surface area contributed by atoms with Crippen molar-refractivity contribution >= 4 is 51.2 Å². The van der Waals surface area contributed by atoms with Gasteiger partial charge in [0.05, 0.1) is 0 Å². The van der Waals surface area contributed by atoms with E-state index in [0.717, 1.165) is 34.7 Å². The molecule has 0 aromatic heterocycles. The minimum Gasteiger partial charge on any atom is -1.00 e. The number of aryl methyl sites for hydroxylation is 1. The van der Waals surface area contributed by atoms with Crippen LogP contribution in [-0.4, -0.2) is 15.5 Å². The summed E-state index contributed by atoms with van der Waals surface area (Å²) in [5.74, 6) is 1.56. The third kappa shape index (κ3) is 8.71. The molecule has 0 heterocycles. The molecule has 0 radical (unpaired) electrons. The summed E-state index contributed by atoms with van der Waals surface area (Å²) < 4.78 is 39.6. The Morgan fingerprint density at radius 2 is 1.61 bits per heavy atom. The van der Waals surface area contributed by atoms with Crippen LogP contribution < -0.4 is 59.1 Å². The number of rotatable bonds is 8. The van der Waals surface area contributed by atoms with E-state index in [1.54, 1.807) is 11.8 Å². The fraction of sp³-hybridized carbons (Fsp3) is 0.294. The fourth-order valence-electron chi connectivity index (χ4n) is 2.27. The van der Waals surface area contributed by atoms with Gasteiger partial charge in [-0.1, -0.05) is 56.1 Å². The summed E-state index contributed by atoms with van der Waals surface area (Å²) in [6, 6.07) is 12.2. The Balaban J connectivity index is -0.00000182. The van der Waals surface area contributed by atoms with Gasteiger partial charge < -0.3 is 12.6 Å². The molecule has 0 aliphatic rings. The van der Waals surface area contributed by atoms with E-state index in [0.29, 0.717) is 5.75 Å². The first-order valence-electron chi connectivity index (χ1n) is 7.66. The SMILES string of the molecule is O=P(O)(O)C(F)(F)c1ccc(CSCCCc2ccc(Br)cc2)cc1Br.[H-].[H-].[Na+].[Na+]. The summed E-state index contributed by atoms with van der Waals surface area (Å²) in [4.78, 5) is 17.7. The van der Waals surface area contributed by atoms with Gasteiger partial charge in [-0.3, -0.25) is 4.57 Å². The van der Waals surface area contributed by atoms with Gasteiger partial charge in [-0.25, -0.2) is 0 Å². The zero-order valence-corrected chi connectivity index (χ0v) is 24.4. The molecule has 0 bridgehead atoms. The molecular weight excluding hydrogens is 559 g/mol. The standard InChI is InChI=1S/C17H17Br2F2O3PS.2Na.2H/c18-14-6-3-12(4-7-14)2-1-9-26-11-13-5-8-15(16(19)10-13)17(20,21)25(22,23)24;;;;/h3-8,10H,1-2,9,11H2,(H2,22,23,24);;;;/q;2*+1;2*-1. The topological polar surface area (TPSA) is 57.5 Å². The molecule has 2 rings (SSSR count). The second kappa shape index (κ2) is 13.3. The van der Waals surface area contributed by atoms with Crippen LogP contribution in [0.4, 0.5) is 8.78 Å². The predicted molar refractivity (Wildman–Crippen MR) is 111 cm³/mol. The number of hydrogen-bond donors (Lipinski definition) is 2. The summed E-state index contributed by atoms with van der Waals surface area (Å²) in [6.07, 6.45) is 1.97. The number of alkyl halides is 2. The fourth-order valence-corrected chi connectivity index (χ4v) is 4.78. The maximum atomic E-state index is 13.8. The average molecular weight is 578 g/mol. The van der Waals surface area contributed by atoms with Crippen LogP contribution in [0, 0.1) is 0 Å². The molecule has 0 fully saturated rings. The maximum Gasteiger partial charge on any atom is 1.00 e. The van der Waals surface area contributed by atoms with E-state index in [-0.39, 0.29) is 66.4 Å². The molecule has 2 N–H and O–H groups in total. The van der Waals surface area contributed by atoms with Crippen LogP contribution in [0.2, 0.25) is 0 Å². The van der Waals surface area contributed by atoms with Gasteiger partial charge in [-0.2, -0.15) is 20.5 Å². The minimum absolute atomic E-state index is 0. The van der Waals surface area contributed by atoms with Gasteiger partial charge in [0.1, 0.15) is 0 Å². The molecule has 3 nitrogen and oxygen atoms in total. The molecule has 11 heteroatoms. The molecular formula is C17H19Br2F2Na2O3PS. The predicted octanol–water partition coefficient (Wildman–Crippen LogP) is 0.538. The van der Waals surface area contributed by atoms with E-state index in [1.165, 1.54) is 17.7 Å². The number of thioether (sulfide) groups is 1. The zero-order chi connectivity index (χ0) is 19.4. The van der Waals surface area contributed by atoms with E-state index < -0.39 is 18.8 Å². The zero-order valence-electron chi connectivity index (χ0n) is 17.5. The van der Waals surface area contributed by atoms with E-state index in [2.05, 4.69) is 44.0 Å². The number of halogens is 4. The summed E-state index contributed by atoms with van der Waals surface area (Å²) >= 11 is 8.08. The Morgan fingerprint density at radius 1 is 1.04 bits per heavy atom. The first-order valence-corrected chi connectivity index (χ1v) is 12.0. The van der Waals surface area contributed by atoms with Crippen molar-refractivity contribution in [3.8, 4) is 0 Å². The molecule has 146 valence electrons. The summed E-state index contributed by atoms with van der Waals surface area (Å²) in [6.45, 7) is 0. The van der Waals surface area contributed by atoms with Crippen molar-refractivity contribution in [2.75, 3.05) is 5.75 Å². The summed E-state index contributed by atoms with van der Waals surface area (Å²) in [5.41, 5.74) is -2.83. The molecule has 0 saturated carbocycles. The molecule has 0 aliphatic carbocycles. The van der Waals surface area contributed by atoms with E-state index >= 15 is 0 Å². The summed E-state index contributed by atoms with van der Waals surface area (Å²) in [7, 11) is -5.57. The molecule has 2 aromatic rings. The van der Waals surface area contributed by atoms with Gasteiger partial charge in [0.2, 0.25) is 0 Å². The van der Waals surface area contributed by atoms with Gasteiger partial charge in [0.15, 0.2) is 0 Å². The van der Waals surface area contributed by atoms with E-state index in [4.69, 9.17) is 9.79 Å². The van der Waals surface area contributed by atoms with Crippen LogP contribution >= 0.6 is 51.2 Å². The van der Waals surface area contributed by atoms with Gasteiger partial charge in [0.25, 0.3) is 0 Å². The number of hydrogen-bond acceptors (Lipinski definition) is 2. The molecule has 0 unspecified atom stereocenters. The Morgan fingerprint density at radius 3 is 2.14 bits per heavy atom. The Labute approximate surface area is 231 Å². The summed E-state index contributed by atoms with van der Waals surface area (Å²) in [5, 5.41) is 0. The van der Waals surface area contributed by atoms with Gasteiger partial charge in [-0.15, -0.1) is 0 Å². The van der Waals surface area contributed by atoms with Crippen LogP contribution in [-0.2, 0) is 22.4 Å². The van der Waals surface area contributed by atoms with Crippen LogP contribution in [0.15, 0.2) is 51.4 Å². The van der Waals surface area contributed by atoms with Crippen molar-refractivity contribution in [3.63, 3.8) is 0 Å². The van der Waals surface area contributed by atoms with Crippen molar-refractivity contribution in [2.24, 2.45) is 0 Å². The normalized spacial score (nSPS) is 11.5. The molecule has 0 saturated heterocycles. The van der Waals surface area contributed by atoms with Crippen LogP contribution in [0.1, 0.15) is 26.0 Å². The number of benzene rings is 2. The molecule has 28 heavy (non-hydrogen) atoms. The quantitative estimate of drug-likeness (QED) is 0.273. The van der Waals surface area contributed by atoms with Crippen molar-refractivity contribution in [1.29, 1.82) is 0 Å². The second-order valence-electron chi connectivity index (χ2n) is 5.68.